The number of nitriles is 1. The summed E-state index contributed by atoms with van der Waals surface area (Å²) >= 11 is 1.31. The summed E-state index contributed by atoms with van der Waals surface area (Å²) in [5.41, 5.74) is 0.908. The van der Waals surface area contributed by atoms with Crippen LogP contribution in [0, 0.1) is 17.1 Å². The first-order valence-electron chi connectivity index (χ1n) is 6.39. The molecule has 110 valence electrons. The lowest BCUT2D eigenvalue weighted by atomic mass is 10.2. The molecule has 0 bridgehead atoms. The molecule has 1 N–H and O–H groups in total. The standard InChI is InChI=1S/C14H10FN5OS/c1-8(9-2-4-11(15)5-3-9)22-13-18-12-10(6-16)7-17-20(12)14(21)19-13/h2-5,7-8H,1H3,(H,18,19,21). The average Bonchev–Trinajstić information content (AvgIpc) is 2.91. The zero-order chi connectivity index (χ0) is 15.7. The fourth-order valence-corrected chi connectivity index (χ4v) is 2.88. The third-order valence-corrected chi connectivity index (χ3v) is 4.15. The summed E-state index contributed by atoms with van der Waals surface area (Å²) in [7, 11) is 0. The first-order chi connectivity index (χ1) is 10.6. The van der Waals surface area contributed by atoms with Gasteiger partial charge in [-0.15, -0.1) is 0 Å². The molecule has 0 fully saturated rings. The highest BCUT2D eigenvalue weighted by Gasteiger charge is 2.13. The van der Waals surface area contributed by atoms with E-state index in [1.807, 2.05) is 13.0 Å². The van der Waals surface area contributed by atoms with Gasteiger partial charge in [0.1, 0.15) is 17.4 Å². The van der Waals surface area contributed by atoms with Crippen molar-refractivity contribution in [2.24, 2.45) is 0 Å². The van der Waals surface area contributed by atoms with Gasteiger partial charge in [-0.3, -0.25) is 4.98 Å². The summed E-state index contributed by atoms with van der Waals surface area (Å²) in [6.45, 7) is 1.92. The Labute approximate surface area is 128 Å². The second-order valence-corrected chi connectivity index (χ2v) is 5.89. The smallest absolute Gasteiger partial charge is 0.285 e. The number of thioether (sulfide) groups is 1. The van der Waals surface area contributed by atoms with Crippen molar-refractivity contribution in [3.05, 3.63) is 57.9 Å². The van der Waals surface area contributed by atoms with Crippen LogP contribution in [0.15, 0.2) is 40.4 Å². The van der Waals surface area contributed by atoms with Crippen molar-refractivity contribution in [2.75, 3.05) is 0 Å². The number of aromatic amines is 1. The lowest BCUT2D eigenvalue weighted by Crippen LogP contribution is -2.19. The SMILES string of the molecule is CC(Sc1nc2c(C#N)cnn2c(=O)[nH]1)c1ccc(F)cc1. The molecule has 3 rings (SSSR count). The predicted molar refractivity (Wildman–Crippen MR) is 79.0 cm³/mol. The molecule has 0 saturated heterocycles. The minimum Gasteiger partial charge on any atom is -0.285 e. The molecule has 0 aliphatic carbocycles. The highest BCUT2D eigenvalue weighted by atomic mass is 32.2. The molecule has 2 aromatic heterocycles. The van der Waals surface area contributed by atoms with Crippen molar-refractivity contribution in [2.45, 2.75) is 17.3 Å². The molecule has 8 heteroatoms. The van der Waals surface area contributed by atoms with E-state index < -0.39 is 5.69 Å². The third kappa shape index (κ3) is 2.58. The van der Waals surface area contributed by atoms with Gasteiger partial charge in [-0.05, 0) is 24.6 Å². The van der Waals surface area contributed by atoms with Gasteiger partial charge in [-0.1, -0.05) is 23.9 Å². The molecule has 1 atom stereocenters. The van der Waals surface area contributed by atoms with Crippen LogP contribution in [0.25, 0.3) is 5.65 Å². The van der Waals surface area contributed by atoms with E-state index in [0.29, 0.717) is 5.16 Å². The lowest BCUT2D eigenvalue weighted by molar-refractivity contribution is 0.627. The fourth-order valence-electron chi connectivity index (χ4n) is 1.97. The maximum absolute atomic E-state index is 12.9. The largest absolute Gasteiger partial charge is 0.350 e. The molecule has 0 saturated carbocycles. The molecule has 1 aromatic carbocycles. The molecule has 22 heavy (non-hydrogen) atoms. The van der Waals surface area contributed by atoms with Crippen LogP contribution < -0.4 is 5.69 Å². The van der Waals surface area contributed by atoms with Crippen LogP contribution >= 0.6 is 11.8 Å². The average molecular weight is 315 g/mol. The summed E-state index contributed by atoms with van der Waals surface area (Å²) in [5.74, 6) is -0.299. The molecule has 0 aliphatic heterocycles. The van der Waals surface area contributed by atoms with E-state index in [9.17, 15) is 9.18 Å². The number of hydrogen-bond acceptors (Lipinski definition) is 5. The first kappa shape index (κ1) is 14.3. The highest BCUT2D eigenvalue weighted by Crippen LogP contribution is 2.32. The Morgan fingerprint density at radius 1 is 1.41 bits per heavy atom. The van der Waals surface area contributed by atoms with Gasteiger partial charge in [0.15, 0.2) is 10.8 Å². The van der Waals surface area contributed by atoms with Crippen LogP contribution in [-0.2, 0) is 0 Å². The molecule has 0 radical (unpaired) electrons. The second-order valence-electron chi connectivity index (χ2n) is 4.56. The van der Waals surface area contributed by atoms with E-state index >= 15 is 0 Å². The predicted octanol–water partition coefficient (Wildman–Crippen LogP) is 2.28. The van der Waals surface area contributed by atoms with Gasteiger partial charge in [0.05, 0.1) is 6.20 Å². The monoisotopic (exact) mass is 315 g/mol. The fraction of sp³-hybridized carbons (Fsp3) is 0.143. The number of hydrogen-bond donors (Lipinski definition) is 1. The number of nitrogens with one attached hydrogen (secondary N) is 1. The Hall–Kier alpha value is -2.66. The quantitative estimate of drug-likeness (QED) is 0.749. The minimum absolute atomic E-state index is 0.0420. The van der Waals surface area contributed by atoms with Crippen LogP contribution in [0.5, 0.6) is 0 Å². The van der Waals surface area contributed by atoms with Gasteiger partial charge in [0, 0.05) is 5.25 Å². The molecule has 0 aliphatic rings. The van der Waals surface area contributed by atoms with Gasteiger partial charge in [0.25, 0.3) is 0 Å². The van der Waals surface area contributed by atoms with Crippen LogP contribution in [0.3, 0.4) is 0 Å². The molecule has 2 heterocycles. The maximum atomic E-state index is 12.9. The van der Waals surface area contributed by atoms with E-state index in [0.717, 1.165) is 10.1 Å². The Kier molecular flexibility index (Phi) is 3.65. The molecule has 6 nitrogen and oxygen atoms in total. The summed E-state index contributed by atoms with van der Waals surface area (Å²) in [6, 6.07) is 8.08. The maximum Gasteiger partial charge on any atom is 0.350 e. The Morgan fingerprint density at radius 2 is 2.14 bits per heavy atom. The van der Waals surface area contributed by atoms with Gasteiger partial charge < -0.3 is 0 Å². The van der Waals surface area contributed by atoms with Crippen molar-refractivity contribution >= 4 is 17.4 Å². The van der Waals surface area contributed by atoms with Crippen LogP contribution in [0.1, 0.15) is 23.3 Å². The topological polar surface area (TPSA) is 86.8 Å². The minimum atomic E-state index is -0.458. The van der Waals surface area contributed by atoms with Crippen molar-refractivity contribution in [1.29, 1.82) is 5.26 Å². The number of fused-ring (bicyclic) bond motifs is 1. The second kappa shape index (κ2) is 5.61. The summed E-state index contributed by atoms with van der Waals surface area (Å²) in [6.07, 6.45) is 1.30. The van der Waals surface area contributed by atoms with Crippen LogP contribution in [0.2, 0.25) is 0 Å². The number of aromatic nitrogens is 4. The summed E-state index contributed by atoms with van der Waals surface area (Å²) in [5, 5.41) is 13.1. The number of halogens is 1. The van der Waals surface area contributed by atoms with E-state index in [1.165, 1.54) is 30.1 Å². The lowest BCUT2D eigenvalue weighted by Gasteiger charge is -2.10. The number of H-pyrrole nitrogens is 1. The molecule has 0 spiro atoms. The zero-order valence-electron chi connectivity index (χ0n) is 11.4. The molecular weight excluding hydrogens is 305 g/mol. The highest BCUT2D eigenvalue weighted by molar-refractivity contribution is 7.99. The summed E-state index contributed by atoms with van der Waals surface area (Å²) in [4.78, 5) is 18.8. The molecule has 3 aromatic rings. The van der Waals surface area contributed by atoms with E-state index in [2.05, 4.69) is 15.1 Å². The van der Waals surface area contributed by atoms with Crippen molar-refractivity contribution in [3.63, 3.8) is 0 Å². The van der Waals surface area contributed by atoms with E-state index in [1.54, 1.807) is 12.1 Å². The van der Waals surface area contributed by atoms with Gasteiger partial charge in [0.2, 0.25) is 0 Å². The van der Waals surface area contributed by atoms with E-state index in [-0.39, 0.29) is 22.3 Å². The van der Waals surface area contributed by atoms with E-state index in [4.69, 9.17) is 5.26 Å². The van der Waals surface area contributed by atoms with Crippen molar-refractivity contribution in [3.8, 4) is 6.07 Å². The number of rotatable bonds is 3. The van der Waals surface area contributed by atoms with Crippen LogP contribution in [-0.4, -0.2) is 19.6 Å². The normalized spacial score (nSPS) is 12.2. The first-order valence-corrected chi connectivity index (χ1v) is 7.26. The molecule has 0 amide bonds. The van der Waals surface area contributed by atoms with Crippen LogP contribution in [0.4, 0.5) is 4.39 Å². The summed E-state index contributed by atoms with van der Waals surface area (Å²) < 4.78 is 14.0. The van der Waals surface area contributed by atoms with Gasteiger partial charge >= 0.3 is 5.69 Å². The Bertz CT molecular complexity index is 925. The zero-order valence-corrected chi connectivity index (χ0v) is 12.3. The number of nitrogens with zero attached hydrogens (tertiary/aromatic N) is 4. The third-order valence-electron chi connectivity index (χ3n) is 3.11. The van der Waals surface area contributed by atoms with Crippen molar-refractivity contribution < 1.29 is 4.39 Å². The number of benzene rings is 1. The molecule has 1 unspecified atom stereocenters. The van der Waals surface area contributed by atoms with Gasteiger partial charge in [-0.2, -0.15) is 14.9 Å². The Morgan fingerprint density at radius 3 is 2.82 bits per heavy atom. The molecular formula is C14H10FN5OS. The Balaban J connectivity index is 1.95. The van der Waals surface area contributed by atoms with Crippen molar-refractivity contribution in [1.82, 2.24) is 19.6 Å². The van der Waals surface area contributed by atoms with Gasteiger partial charge in [-0.25, -0.2) is 14.2 Å².